The summed E-state index contributed by atoms with van der Waals surface area (Å²) in [5.41, 5.74) is 1.77. The first kappa shape index (κ1) is 18.8. The molecule has 140 valence electrons. The fraction of sp³-hybridized carbons (Fsp3) is 0.526. The Morgan fingerprint density at radius 3 is 2.58 bits per heavy atom. The Bertz CT molecular complexity index is 694. The summed E-state index contributed by atoms with van der Waals surface area (Å²) in [5, 5.41) is 0.0728. The van der Waals surface area contributed by atoms with Gasteiger partial charge in [-0.25, -0.2) is 0 Å². The molecular weight excluding hydrogens is 350 g/mol. The Kier molecular flexibility index (Phi) is 6.19. The van der Waals surface area contributed by atoms with Gasteiger partial charge in [-0.1, -0.05) is 29.5 Å². The second-order valence-electron chi connectivity index (χ2n) is 6.75. The van der Waals surface area contributed by atoms with Gasteiger partial charge in [-0.3, -0.25) is 14.4 Å². The molecule has 1 aromatic carbocycles. The van der Waals surface area contributed by atoms with E-state index in [1.807, 2.05) is 41.0 Å². The van der Waals surface area contributed by atoms with E-state index in [2.05, 4.69) is 0 Å². The normalized spacial score (nSPS) is 18.2. The smallest absolute Gasteiger partial charge is 0.281 e. The maximum Gasteiger partial charge on any atom is 0.281 e. The Hall–Kier alpha value is -2.02. The monoisotopic (exact) mass is 375 g/mol. The molecule has 2 saturated heterocycles. The second kappa shape index (κ2) is 8.58. The van der Waals surface area contributed by atoms with Crippen LogP contribution in [-0.4, -0.2) is 76.8 Å². The predicted molar refractivity (Wildman–Crippen MR) is 102 cm³/mol. The van der Waals surface area contributed by atoms with Crippen molar-refractivity contribution >= 4 is 28.8 Å². The summed E-state index contributed by atoms with van der Waals surface area (Å²) in [5.74, 6) is 0.912. The van der Waals surface area contributed by atoms with Crippen molar-refractivity contribution in [3.05, 3.63) is 35.4 Å². The highest BCUT2D eigenvalue weighted by atomic mass is 32.2. The van der Waals surface area contributed by atoms with Gasteiger partial charge in [0, 0.05) is 57.0 Å². The topological polar surface area (TPSA) is 60.9 Å². The fourth-order valence-corrected chi connectivity index (χ4v) is 4.20. The summed E-state index contributed by atoms with van der Waals surface area (Å²) >= 11 is 1.32. The highest BCUT2D eigenvalue weighted by molar-refractivity contribution is 8.13. The number of nitrogens with zero attached hydrogens (tertiary/aromatic N) is 3. The number of thioether (sulfide) groups is 1. The second-order valence-corrected chi connectivity index (χ2v) is 7.79. The Morgan fingerprint density at radius 1 is 1.08 bits per heavy atom. The molecule has 0 radical (unpaired) electrons. The molecule has 2 aliphatic rings. The summed E-state index contributed by atoms with van der Waals surface area (Å²) in [4.78, 5) is 42.2. The molecular formula is C19H25N3O3S. The van der Waals surface area contributed by atoms with E-state index in [-0.39, 0.29) is 17.1 Å². The van der Waals surface area contributed by atoms with Crippen LogP contribution in [0.5, 0.6) is 0 Å². The Balaban J connectivity index is 1.51. The van der Waals surface area contributed by atoms with E-state index >= 15 is 0 Å². The van der Waals surface area contributed by atoms with Gasteiger partial charge in [0.2, 0.25) is 5.91 Å². The standard InChI is InChI=1S/C19H25N3O3S/c1-15-4-2-5-16(14-15)18(24)21-8-3-7-20(10-11-21)17(23)6-9-22-12-13-26-19(22)25/h2,4-5,14H,3,6-13H2,1H3. The van der Waals surface area contributed by atoms with Crippen LogP contribution in [0.15, 0.2) is 24.3 Å². The van der Waals surface area contributed by atoms with Gasteiger partial charge < -0.3 is 14.7 Å². The van der Waals surface area contributed by atoms with Gasteiger partial charge in [0.1, 0.15) is 0 Å². The van der Waals surface area contributed by atoms with Crippen molar-refractivity contribution in [1.29, 1.82) is 0 Å². The van der Waals surface area contributed by atoms with Crippen molar-refractivity contribution in [2.75, 3.05) is 45.0 Å². The van der Waals surface area contributed by atoms with Crippen molar-refractivity contribution < 1.29 is 14.4 Å². The molecule has 6 nitrogen and oxygen atoms in total. The lowest BCUT2D eigenvalue weighted by molar-refractivity contribution is -0.131. The van der Waals surface area contributed by atoms with Crippen LogP contribution in [0, 0.1) is 6.92 Å². The minimum atomic E-state index is 0.0303. The molecule has 0 N–H and O–H groups in total. The third kappa shape index (κ3) is 4.58. The molecule has 0 atom stereocenters. The van der Waals surface area contributed by atoms with Crippen molar-refractivity contribution in [3.8, 4) is 0 Å². The minimum absolute atomic E-state index is 0.0303. The molecule has 0 saturated carbocycles. The van der Waals surface area contributed by atoms with Gasteiger partial charge in [0.25, 0.3) is 11.1 Å². The number of aryl methyl sites for hydroxylation is 1. The van der Waals surface area contributed by atoms with E-state index in [9.17, 15) is 14.4 Å². The maximum atomic E-state index is 12.7. The summed E-state index contributed by atoms with van der Waals surface area (Å²) in [6, 6.07) is 7.62. The van der Waals surface area contributed by atoms with E-state index in [0.29, 0.717) is 44.7 Å². The zero-order valence-electron chi connectivity index (χ0n) is 15.1. The first-order chi connectivity index (χ1) is 12.5. The maximum absolute atomic E-state index is 12.7. The van der Waals surface area contributed by atoms with Gasteiger partial charge >= 0.3 is 0 Å². The molecule has 26 heavy (non-hydrogen) atoms. The third-order valence-electron chi connectivity index (χ3n) is 4.84. The van der Waals surface area contributed by atoms with Crippen molar-refractivity contribution in [2.45, 2.75) is 19.8 Å². The van der Waals surface area contributed by atoms with Crippen molar-refractivity contribution in [2.24, 2.45) is 0 Å². The summed E-state index contributed by atoms with van der Waals surface area (Å²) in [7, 11) is 0. The number of carbonyl (C=O) groups excluding carboxylic acids is 3. The van der Waals surface area contributed by atoms with Crippen LogP contribution in [0.3, 0.4) is 0 Å². The molecule has 1 aromatic rings. The minimum Gasteiger partial charge on any atom is -0.341 e. The molecule has 0 spiro atoms. The summed E-state index contributed by atoms with van der Waals surface area (Å²) < 4.78 is 0. The molecule has 0 unspecified atom stereocenters. The number of hydrogen-bond donors (Lipinski definition) is 0. The van der Waals surface area contributed by atoms with Crippen molar-refractivity contribution in [1.82, 2.24) is 14.7 Å². The Morgan fingerprint density at radius 2 is 1.85 bits per heavy atom. The number of benzene rings is 1. The molecule has 2 heterocycles. The van der Waals surface area contributed by atoms with Gasteiger partial charge in [-0.05, 0) is 25.5 Å². The zero-order valence-corrected chi connectivity index (χ0v) is 16.0. The molecule has 3 amide bonds. The number of hydrogen-bond acceptors (Lipinski definition) is 4. The number of amides is 3. The van der Waals surface area contributed by atoms with E-state index in [1.54, 1.807) is 4.90 Å². The zero-order chi connectivity index (χ0) is 18.5. The third-order valence-corrected chi connectivity index (χ3v) is 5.73. The molecule has 2 aliphatic heterocycles. The number of rotatable bonds is 4. The molecule has 3 rings (SSSR count). The van der Waals surface area contributed by atoms with Crippen LogP contribution < -0.4 is 0 Å². The molecule has 2 fully saturated rings. The van der Waals surface area contributed by atoms with Crippen LogP contribution in [0.4, 0.5) is 4.79 Å². The molecule has 7 heteroatoms. The fourth-order valence-electron chi connectivity index (χ4n) is 3.35. The summed E-state index contributed by atoms with van der Waals surface area (Å²) in [6.07, 6.45) is 1.14. The molecule has 0 aromatic heterocycles. The highest BCUT2D eigenvalue weighted by Crippen LogP contribution is 2.18. The summed E-state index contributed by atoms with van der Waals surface area (Å²) in [6.45, 7) is 5.64. The first-order valence-electron chi connectivity index (χ1n) is 9.10. The van der Waals surface area contributed by atoms with Crippen LogP contribution in [0.1, 0.15) is 28.8 Å². The van der Waals surface area contributed by atoms with Gasteiger partial charge in [-0.15, -0.1) is 0 Å². The lowest BCUT2D eigenvalue weighted by atomic mass is 10.1. The van der Waals surface area contributed by atoms with Gasteiger partial charge in [0.05, 0.1) is 0 Å². The lowest BCUT2D eigenvalue weighted by Gasteiger charge is -2.23. The predicted octanol–water partition coefficient (Wildman–Crippen LogP) is 2.23. The van der Waals surface area contributed by atoms with Crippen LogP contribution in [-0.2, 0) is 4.79 Å². The molecule has 0 aliphatic carbocycles. The average Bonchev–Trinajstić information content (AvgIpc) is 2.90. The Labute approximate surface area is 158 Å². The first-order valence-corrected chi connectivity index (χ1v) is 10.1. The molecule has 0 bridgehead atoms. The lowest BCUT2D eigenvalue weighted by Crippen LogP contribution is -2.38. The number of carbonyl (C=O) groups is 3. The average molecular weight is 375 g/mol. The van der Waals surface area contributed by atoms with Crippen LogP contribution in [0.25, 0.3) is 0 Å². The highest BCUT2D eigenvalue weighted by Gasteiger charge is 2.25. The van der Waals surface area contributed by atoms with Gasteiger partial charge in [-0.2, -0.15) is 0 Å². The SMILES string of the molecule is Cc1cccc(C(=O)N2CCCN(C(=O)CCN3CCSC3=O)CC2)c1. The van der Waals surface area contributed by atoms with E-state index in [0.717, 1.165) is 24.3 Å². The largest absolute Gasteiger partial charge is 0.341 e. The van der Waals surface area contributed by atoms with E-state index in [1.165, 1.54) is 11.8 Å². The van der Waals surface area contributed by atoms with Gasteiger partial charge in [0.15, 0.2) is 0 Å². The quantitative estimate of drug-likeness (QED) is 0.810. The van der Waals surface area contributed by atoms with Crippen LogP contribution >= 0.6 is 11.8 Å². The van der Waals surface area contributed by atoms with E-state index in [4.69, 9.17) is 0 Å². The van der Waals surface area contributed by atoms with Crippen molar-refractivity contribution in [3.63, 3.8) is 0 Å². The van der Waals surface area contributed by atoms with Crippen LogP contribution in [0.2, 0.25) is 0 Å². The van der Waals surface area contributed by atoms with E-state index < -0.39 is 0 Å².